The van der Waals surface area contributed by atoms with Crippen LogP contribution >= 0.6 is 24.0 Å². The number of guanidine groups is 1. The van der Waals surface area contributed by atoms with Crippen LogP contribution in [0.3, 0.4) is 0 Å². The van der Waals surface area contributed by atoms with Crippen molar-refractivity contribution in [1.29, 1.82) is 0 Å². The number of aromatic nitrogens is 2. The molecule has 0 radical (unpaired) electrons. The lowest BCUT2D eigenvalue weighted by Crippen LogP contribution is -2.39. The third-order valence-electron chi connectivity index (χ3n) is 4.73. The van der Waals surface area contributed by atoms with Gasteiger partial charge in [-0.2, -0.15) is 5.10 Å². The van der Waals surface area contributed by atoms with E-state index in [1.807, 2.05) is 10.9 Å². The van der Waals surface area contributed by atoms with Crippen molar-refractivity contribution in [2.75, 3.05) is 26.2 Å². The number of nitrogens with zero attached hydrogens (tertiary/aromatic N) is 3. The van der Waals surface area contributed by atoms with Crippen molar-refractivity contribution in [2.24, 2.45) is 10.9 Å². The normalized spacial score (nSPS) is 16.3. The lowest BCUT2D eigenvalue weighted by Gasteiger charge is -2.22. The topological polar surface area (TPSA) is 63.5 Å². The Hall–Kier alpha value is -0.830. The van der Waals surface area contributed by atoms with E-state index in [1.165, 1.54) is 31.2 Å². The molecule has 1 aliphatic carbocycles. The Morgan fingerprint density at radius 1 is 1.35 bits per heavy atom. The van der Waals surface area contributed by atoms with E-state index in [-0.39, 0.29) is 24.0 Å². The molecule has 1 aromatic rings. The van der Waals surface area contributed by atoms with Gasteiger partial charge in [-0.15, -0.1) is 24.0 Å². The SMILES string of the molecule is CCNC(=NCCC(OCC)C1CCCC1)NCCn1cc(C)cn1.I. The molecule has 7 heteroatoms. The summed E-state index contributed by atoms with van der Waals surface area (Å²) in [6.07, 6.45) is 10.7. The second-order valence-corrected chi connectivity index (χ2v) is 6.80. The van der Waals surface area contributed by atoms with Crippen LogP contribution in [0.1, 0.15) is 51.5 Å². The summed E-state index contributed by atoms with van der Waals surface area (Å²) < 4.78 is 7.94. The zero-order valence-corrected chi connectivity index (χ0v) is 18.9. The molecular formula is C19H36IN5O. The standard InChI is InChI=1S/C19H35N5O.HI/c1-4-20-19(22-12-13-24-15-16(3)14-23-24)21-11-10-18(25-5-2)17-8-6-7-9-17;/h14-15,17-18H,4-13H2,1-3H3,(H2,20,21,22);1H. The molecule has 1 unspecified atom stereocenters. The van der Waals surface area contributed by atoms with Gasteiger partial charge in [0, 0.05) is 32.4 Å². The van der Waals surface area contributed by atoms with Crippen LogP contribution in [0.2, 0.25) is 0 Å². The Morgan fingerprint density at radius 2 is 2.12 bits per heavy atom. The molecule has 0 spiro atoms. The van der Waals surface area contributed by atoms with Crippen LogP contribution in [0, 0.1) is 12.8 Å². The fourth-order valence-corrected chi connectivity index (χ4v) is 3.52. The maximum Gasteiger partial charge on any atom is 0.191 e. The van der Waals surface area contributed by atoms with E-state index in [0.717, 1.165) is 51.1 Å². The van der Waals surface area contributed by atoms with Crippen molar-refractivity contribution in [2.45, 2.75) is 65.5 Å². The first kappa shape index (κ1) is 23.2. The Labute approximate surface area is 175 Å². The summed E-state index contributed by atoms with van der Waals surface area (Å²) in [5.74, 6) is 1.61. The molecule has 0 saturated heterocycles. The number of rotatable bonds is 10. The Kier molecular flexibility index (Phi) is 11.9. The fourth-order valence-electron chi connectivity index (χ4n) is 3.52. The number of nitrogens with one attached hydrogen (secondary N) is 2. The molecule has 2 N–H and O–H groups in total. The first-order valence-corrected chi connectivity index (χ1v) is 9.85. The molecule has 1 fully saturated rings. The first-order valence-electron chi connectivity index (χ1n) is 9.85. The summed E-state index contributed by atoms with van der Waals surface area (Å²) in [7, 11) is 0. The molecule has 0 bridgehead atoms. The fraction of sp³-hybridized carbons (Fsp3) is 0.789. The predicted molar refractivity (Wildman–Crippen MR) is 118 cm³/mol. The second-order valence-electron chi connectivity index (χ2n) is 6.80. The zero-order chi connectivity index (χ0) is 17.9. The maximum absolute atomic E-state index is 5.99. The van der Waals surface area contributed by atoms with Crippen LogP contribution < -0.4 is 10.6 Å². The molecule has 1 saturated carbocycles. The van der Waals surface area contributed by atoms with Gasteiger partial charge in [0.25, 0.3) is 0 Å². The summed E-state index contributed by atoms with van der Waals surface area (Å²) in [4.78, 5) is 4.73. The molecule has 0 amide bonds. The minimum absolute atomic E-state index is 0. The van der Waals surface area contributed by atoms with E-state index in [1.54, 1.807) is 0 Å². The molecule has 1 heterocycles. The Morgan fingerprint density at radius 3 is 2.73 bits per heavy atom. The lowest BCUT2D eigenvalue weighted by atomic mass is 9.98. The van der Waals surface area contributed by atoms with Crippen molar-refractivity contribution in [3.63, 3.8) is 0 Å². The average molecular weight is 477 g/mol. The molecule has 6 nitrogen and oxygen atoms in total. The van der Waals surface area contributed by atoms with Crippen molar-refractivity contribution >= 4 is 29.9 Å². The van der Waals surface area contributed by atoms with Crippen LogP contribution in [0.5, 0.6) is 0 Å². The summed E-state index contributed by atoms with van der Waals surface area (Å²) >= 11 is 0. The molecule has 1 aromatic heterocycles. The number of aliphatic imine (C=N–C) groups is 1. The molecule has 0 aliphatic heterocycles. The van der Waals surface area contributed by atoms with Gasteiger partial charge in [-0.05, 0) is 51.5 Å². The van der Waals surface area contributed by atoms with Crippen molar-refractivity contribution in [3.8, 4) is 0 Å². The Bertz CT molecular complexity index is 514. The van der Waals surface area contributed by atoms with Gasteiger partial charge in [0.2, 0.25) is 0 Å². The lowest BCUT2D eigenvalue weighted by molar-refractivity contribution is 0.0177. The average Bonchev–Trinajstić information content (AvgIpc) is 3.26. The van der Waals surface area contributed by atoms with Gasteiger partial charge in [0.05, 0.1) is 18.8 Å². The molecule has 0 aromatic carbocycles. The highest BCUT2D eigenvalue weighted by Crippen LogP contribution is 2.30. The van der Waals surface area contributed by atoms with Crippen LogP contribution in [0.4, 0.5) is 0 Å². The van der Waals surface area contributed by atoms with Gasteiger partial charge >= 0.3 is 0 Å². The summed E-state index contributed by atoms with van der Waals surface area (Å²) in [6, 6.07) is 0. The molecule has 26 heavy (non-hydrogen) atoms. The molecule has 1 aliphatic rings. The van der Waals surface area contributed by atoms with Crippen LogP contribution in [-0.4, -0.2) is 48.1 Å². The molecule has 2 rings (SSSR count). The third-order valence-corrected chi connectivity index (χ3v) is 4.73. The van der Waals surface area contributed by atoms with Gasteiger partial charge in [0.1, 0.15) is 0 Å². The van der Waals surface area contributed by atoms with Crippen LogP contribution in [-0.2, 0) is 11.3 Å². The van der Waals surface area contributed by atoms with E-state index >= 15 is 0 Å². The number of halogens is 1. The van der Waals surface area contributed by atoms with E-state index in [4.69, 9.17) is 9.73 Å². The largest absolute Gasteiger partial charge is 0.378 e. The van der Waals surface area contributed by atoms with Crippen molar-refractivity contribution in [1.82, 2.24) is 20.4 Å². The first-order chi connectivity index (χ1) is 12.2. The second kappa shape index (κ2) is 13.4. The smallest absolute Gasteiger partial charge is 0.191 e. The quantitative estimate of drug-likeness (QED) is 0.308. The number of ether oxygens (including phenoxy) is 1. The summed E-state index contributed by atoms with van der Waals surface area (Å²) in [5.41, 5.74) is 1.19. The predicted octanol–water partition coefficient (Wildman–Crippen LogP) is 3.35. The molecule has 150 valence electrons. The van der Waals surface area contributed by atoms with Crippen LogP contribution in [0.25, 0.3) is 0 Å². The number of aryl methyl sites for hydroxylation is 1. The third kappa shape index (κ3) is 8.24. The van der Waals surface area contributed by atoms with E-state index in [0.29, 0.717) is 6.10 Å². The van der Waals surface area contributed by atoms with Crippen molar-refractivity contribution in [3.05, 3.63) is 18.0 Å². The van der Waals surface area contributed by atoms with Gasteiger partial charge in [-0.3, -0.25) is 9.67 Å². The summed E-state index contributed by atoms with van der Waals surface area (Å²) in [6.45, 7) is 10.4. The van der Waals surface area contributed by atoms with Gasteiger partial charge < -0.3 is 15.4 Å². The minimum atomic E-state index is 0. The highest BCUT2D eigenvalue weighted by atomic mass is 127. The number of hydrogen-bond donors (Lipinski definition) is 2. The highest BCUT2D eigenvalue weighted by Gasteiger charge is 2.24. The minimum Gasteiger partial charge on any atom is -0.378 e. The maximum atomic E-state index is 5.99. The monoisotopic (exact) mass is 477 g/mol. The van der Waals surface area contributed by atoms with Crippen LogP contribution in [0.15, 0.2) is 17.4 Å². The molecular weight excluding hydrogens is 441 g/mol. The van der Waals surface area contributed by atoms with Gasteiger partial charge in [-0.25, -0.2) is 0 Å². The summed E-state index contributed by atoms with van der Waals surface area (Å²) in [5, 5.41) is 11.0. The van der Waals surface area contributed by atoms with E-state index in [9.17, 15) is 0 Å². The zero-order valence-electron chi connectivity index (χ0n) is 16.5. The number of hydrogen-bond acceptors (Lipinski definition) is 3. The van der Waals surface area contributed by atoms with E-state index < -0.39 is 0 Å². The molecule has 1 atom stereocenters. The highest BCUT2D eigenvalue weighted by molar-refractivity contribution is 14.0. The van der Waals surface area contributed by atoms with E-state index in [2.05, 4.69) is 42.7 Å². The Balaban J connectivity index is 0.00000338. The van der Waals surface area contributed by atoms with Gasteiger partial charge in [-0.1, -0.05) is 12.8 Å². The van der Waals surface area contributed by atoms with Crippen molar-refractivity contribution < 1.29 is 4.74 Å². The van der Waals surface area contributed by atoms with Gasteiger partial charge in [0.15, 0.2) is 5.96 Å².